The molecule has 0 aliphatic carbocycles. The summed E-state index contributed by atoms with van der Waals surface area (Å²) in [7, 11) is 3.77. The Labute approximate surface area is 172 Å². The van der Waals surface area contributed by atoms with E-state index < -0.39 is 11.2 Å². The molecule has 0 saturated carbocycles. The quantitative estimate of drug-likeness (QED) is 0.524. The number of nitrogens with zero attached hydrogens (tertiary/aromatic N) is 2. The van der Waals surface area contributed by atoms with Crippen LogP contribution in [-0.2, 0) is 11.7 Å². The van der Waals surface area contributed by atoms with E-state index in [9.17, 15) is 5.11 Å². The number of hydrogen-bond donors (Lipinski definition) is 1. The first kappa shape index (κ1) is 19.7. The SMILES string of the molecule is Cn1c(-c2ccc3cc([B]OC(C)(C)C(C)(C)O)ccc3c2)nc2ccccc21. The molecule has 0 spiro atoms. The zero-order valence-electron chi connectivity index (χ0n) is 17.6. The molecule has 4 aromatic rings. The monoisotopic (exact) mass is 385 g/mol. The van der Waals surface area contributed by atoms with Crippen LogP contribution in [0.3, 0.4) is 0 Å². The Kier molecular flexibility index (Phi) is 4.76. The average molecular weight is 385 g/mol. The maximum absolute atomic E-state index is 10.3. The molecular weight excluding hydrogens is 359 g/mol. The molecule has 0 atom stereocenters. The van der Waals surface area contributed by atoms with Crippen LogP contribution >= 0.6 is 0 Å². The van der Waals surface area contributed by atoms with E-state index in [1.165, 1.54) is 0 Å². The summed E-state index contributed by atoms with van der Waals surface area (Å²) in [6, 6.07) is 20.8. The molecule has 5 heteroatoms. The first-order valence-electron chi connectivity index (χ1n) is 9.85. The number of aliphatic hydroxyl groups is 1. The Morgan fingerprint density at radius 1 is 0.931 bits per heavy atom. The molecule has 1 heterocycles. The molecule has 4 rings (SSSR count). The van der Waals surface area contributed by atoms with Gasteiger partial charge in [-0.1, -0.05) is 47.9 Å². The fourth-order valence-electron chi connectivity index (χ4n) is 3.24. The van der Waals surface area contributed by atoms with Gasteiger partial charge in [0.05, 0.1) is 22.2 Å². The minimum Gasteiger partial charge on any atom is -0.427 e. The van der Waals surface area contributed by atoms with E-state index in [4.69, 9.17) is 9.64 Å². The number of para-hydroxylation sites is 2. The van der Waals surface area contributed by atoms with E-state index in [0.29, 0.717) is 0 Å². The van der Waals surface area contributed by atoms with Crippen molar-refractivity contribution in [2.45, 2.75) is 38.9 Å². The van der Waals surface area contributed by atoms with Crippen molar-refractivity contribution < 1.29 is 9.76 Å². The third-order valence-corrected chi connectivity index (χ3v) is 5.87. The van der Waals surface area contributed by atoms with E-state index in [0.717, 1.165) is 38.7 Å². The maximum atomic E-state index is 10.3. The molecule has 29 heavy (non-hydrogen) atoms. The van der Waals surface area contributed by atoms with Gasteiger partial charge >= 0.3 is 7.48 Å². The lowest BCUT2D eigenvalue weighted by molar-refractivity contribution is -0.0893. The third-order valence-electron chi connectivity index (χ3n) is 5.87. The van der Waals surface area contributed by atoms with Gasteiger partial charge in [0.15, 0.2) is 0 Å². The minimum atomic E-state index is -0.944. The van der Waals surface area contributed by atoms with Crippen LogP contribution in [0.1, 0.15) is 27.7 Å². The molecule has 1 N–H and O–H groups in total. The highest BCUT2D eigenvalue weighted by molar-refractivity contribution is 6.47. The molecule has 0 amide bonds. The molecular formula is C24H26BN2O2. The van der Waals surface area contributed by atoms with E-state index in [1.807, 2.05) is 38.1 Å². The number of benzene rings is 3. The Morgan fingerprint density at radius 2 is 1.62 bits per heavy atom. The van der Waals surface area contributed by atoms with Crippen molar-refractivity contribution in [3.05, 3.63) is 60.7 Å². The largest absolute Gasteiger partial charge is 0.427 e. The highest BCUT2D eigenvalue weighted by Gasteiger charge is 2.35. The highest BCUT2D eigenvalue weighted by Crippen LogP contribution is 2.27. The topological polar surface area (TPSA) is 47.3 Å². The summed E-state index contributed by atoms with van der Waals surface area (Å²) in [4.78, 5) is 4.80. The Morgan fingerprint density at radius 3 is 2.34 bits per heavy atom. The summed E-state index contributed by atoms with van der Waals surface area (Å²) in [5.41, 5.74) is 2.55. The molecule has 0 bridgehead atoms. The van der Waals surface area contributed by atoms with Gasteiger partial charge < -0.3 is 14.3 Å². The van der Waals surface area contributed by atoms with Crippen molar-refractivity contribution in [2.24, 2.45) is 7.05 Å². The summed E-state index contributed by atoms with van der Waals surface area (Å²) in [6.07, 6.45) is 0. The van der Waals surface area contributed by atoms with E-state index in [2.05, 4.69) is 48.0 Å². The van der Waals surface area contributed by atoms with Crippen LogP contribution in [0.4, 0.5) is 0 Å². The second-order valence-corrected chi connectivity index (χ2v) is 8.61. The number of imidazole rings is 1. The van der Waals surface area contributed by atoms with Crippen LogP contribution in [0.2, 0.25) is 0 Å². The van der Waals surface area contributed by atoms with E-state index >= 15 is 0 Å². The van der Waals surface area contributed by atoms with Crippen LogP contribution in [0, 0.1) is 0 Å². The van der Waals surface area contributed by atoms with Gasteiger partial charge in [-0.2, -0.15) is 0 Å². The van der Waals surface area contributed by atoms with Crippen molar-refractivity contribution >= 4 is 34.8 Å². The van der Waals surface area contributed by atoms with Gasteiger partial charge in [-0.25, -0.2) is 4.98 Å². The van der Waals surface area contributed by atoms with Gasteiger partial charge in [0.1, 0.15) is 5.82 Å². The Balaban J connectivity index is 1.63. The molecule has 0 aliphatic heterocycles. The fraction of sp³-hybridized carbons (Fsp3) is 0.292. The lowest BCUT2D eigenvalue weighted by Gasteiger charge is -2.37. The van der Waals surface area contributed by atoms with Crippen molar-refractivity contribution in [1.82, 2.24) is 9.55 Å². The summed E-state index contributed by atoms with van der Waals surface area (Å²) >= 11 is 0. The number of hydrogen-bond acceptors (Lipinski definition) is 3. The maximum Gasteiger partial charge on any atom is 0.330 e. The lowest BCUT2D eigenvalue weighted by atomic mass is 9.82. The Bertz CT molecular complexity index is 1190. The summed E-state index contributed by atoms with van der Waals surface area (Å²) < 4.78 is 8.01. The van der Waals surface area contributed by atoms with Crippen LogP contribution in [0.5, 0.6) is 0 Å². The number of fused-ring (bicyclic) bond motifs is 2. The van der Waals surface area contributed by atoms with Gasteiger partial charge in [0.2, 0.25) is 0 Å². The van der Waals surface area contributed by atoms with E-state index in [1.54, 1.807) is 21.3 Å². The summed E-state index contributed by atoms with van der Waals surface area (Å²) in [5, 5.41) is 12.5. The molecule has 1 radical (unpaired) electrons. The summed E-state index contributed by atoms with van der Waals surface area (Å²) in [6.45, 7) is 7.27. The standard InChI is InChI=1S/C24H26BN2O2/c1-23(2,28)24(3,4)29-25-19-13-12-16-14-18(11-10-17(16)15-19)22-26-20-8-6-7-9-21(20)27(22)5/h6-15,28H,1-5H3. The molecule has 0 fully saturated rings. The number of aromatic nitrogens is 2. The highest BCUT2D eigenvalue weighted by atomic mass is 16.5. The van der Waals surface area contributed by atoms with Gasteiger partial charge in [-0.3, -0.25) is 0 Å². The molecule has 4 nitrogen and oxygen atoms in total. The second-order valence-electron chi connectivity index (χ2n) is 8.61. The predicted octanol–water partition coefficient (Wildman–Crippen LogP) is 4.20. The van der Waals surface area contributed by atoms with Gasteiger partial charge in [-0.15, -0.1) is 0 Å². The first-order valence-corrected chi connectivity index (χ1v) is 9.85. The average Bonchev–Trinajstić information content (AvgIpc) is 3.02. The van der Waals surface area contributed by atoms with Crippen LogP contribution in [0.15, 0.2) is 60.7 Å². The van der Waals surface area contributed by atoms with Crippen molar-refractivity contribution in [2.75, 3.05) is 0 Å². The Hall–Kier alpha value is -2.63. The molecule has 147 valence electrons. The van der Waals surface area contributed by atoms with Crippen LogP contribution in [-0.4, -0.2) is 33.3 Å². The minimum absolute atomic E-state index is 0.688. The van der Waals surface area contributed by atoms with Gasteiger partial charge in [-0.05, 0) is 56.7 Å². The first-order chi connectivity index (χ1) is 13.7. The number of aryl methyl sites for hydroxylation is 1. The molecule has 0 unspecified atom stereocenters. The van der Waals surface area contributed by atoms with Crippen molar-refractivity contribution in [3.8, 4) is 11.4 Å². The van der Waals surface area contributed by atoms with Gasteiger partial charge in [0.25, 0.3) is 0 Å². The predicted molar refractivity (Wildman–Crippen MR) is 121 cm³/mol. The van der Waals surface area contributed by atoms with Crippen LogP contribution in [0.25, 0.3) is 33.2 Å². The fourth-order valence-corrected chi connectivity index (χ4v) is 3.24. The molecule has 0 aliphatic rings. The third kappa shape index (κ3) is 3.68. The molecule has 1 aromatic heterocycles. The lowest BCUT2D eigenvalue weighted by Crippen LogP contribution is -2.49. The second kappa shape index (κ2) is 7.01. The van der Waals surface area contributed by atoms with Crippen LogP contribution < -0.4 is 5.46 Å². The van der Waals surface area contributed by atoms with Crippen molar-refractivity contribution in [1.29, 1.82) is 0 Å². The van der Waals surface area contributed by atoms with E-state index in [-0.39, 0.29) is 0 Å². The zero-order chi connectivity index (χ0) is 20.8. The normalized spacial score (nSPS) is 12.6. The zero-order valence-corrected chi connectivity index (χ0v) is 17.6. The molecule has 0 saturated heterocycles. The van der Waals surface area contributed by atoms with Gasteiger partial charge in [0, 0.05) is 12.6 Å². The van der Waals surface area contributed by atoms with Crippen molar-refractivity contribution in [3.63, 3.8) is 0 Å². The number of rotatable bonds is 5. The smallest absolute Gasteiger partial charge is 0.330 e. The molecule has 3 aromatic carbocycles. The summed E-state index contributed by atoms with van der Waals surface area (Å²) in [5.74, 6) is 0.957.